The van der Waals surface area contributed by atoms with Crippen LogP contribution < -0.4 is 9.64 Å². The molecule has 10 heteroatoms. The first kappa shape index (κ1) is 20.7. The van der Waals surface area contributed by atoms with Gasteiger partial charge in [0, 0.05) is 28.9 Å². The maximum Gasteiger partial charge on any atom is 0.416 e. The molecule has 0 unspecified atom stereocenters. The summed E-state index contributed by atoms with van der Waals surface area (Å²) in [6.07, 6.45) is -1.30. The summed E-state index contributed by atoms with van der Waals surface area (Å²) in [5.41, 5.74) is 2.01. The molecule has 4 heterocycles. The number of carbonyl (C=O) groups is 1. The minimum atomic E-state index is -4.45. The second kappa shape index (κ2) is 7.56. The highest BCUT2D eigenvalue weighted by atomic mass is 32.1. The number of aromatic nitrogens is 2. The summed E-state index contributed by atoms with van der Waals surface area (Å²) in [6, 6.07) is 12.5. The third-order valence-electron chi connectivity index (χ3n) is 5.65. The summed E-state index contributed by atoms with van der Waals surface area (Å²) in [6.45, 7) is 0.188. The van der Waals surface area contributed by atoms with Crippen molar-refractivity contribution in [3.63, 3.8) is 0 Å². The van der Waals surface area contributed by atoms with Crippen LogP contribution in [0.5, 0.6) is 10.9 Å². The lowest BCUT2D eigenvalue weighted by molar-refractivity contribution is -0.137. The van der Waals surface area contributed by atoms with Crippen molar-refractivity contribution in [3.05, 3.63) is 77.7 Å². The van der Waals surface area contributed by atoms with Gasteiger partial charge in [-0.15, -0.1) is 0 Å². The predicted molar refractivity (Wildman–Crippen MR) is 120 cm³/mol. The van der Waals surface area contributed by atoms with Crippen LogP contribution in [0.4, 0.5) is 18.9 Å². The van der Waals surface area contributed by atoms with Gasteiger partial charge < -0.3 is 14.1 Å². The van der Waals surface area contributed by atoms with Crippen LogP contribution in [-0.4, -0.2) is 15.9 Å². The fourth-order valence-corrected chi connectivity index (χ4v) is 4.84. The molecule has 34 heavy (non-hydrogen) atoms. The number of hydrogen-bond acceptors (Lipinski definition) is 6. The lowest BCUT2D eigenvalue weighted by Crippen LogP contribution is -2.25. The van der Waals surface area contributed by atoms with Crippen molar-refractivity contribution >= 4 is 44.2 Å². The van der Waals surface area contributed by atoms with Gasteiger partial charge >= 0.3 is 6.18 Å². The van der Waals surface area contributed by atoms with Gasteiger partial charge in [-0.1, -0.05) is 11.3 Å². The van der Waals surface area contributed by atoms with Crippen LogP contribution in [0.15, 0.2) is 65.4 Å². The molecule has 3 aromatic heterocycles. The first-order valence-electron chi connectivity index (χ1n) is 10.3. The molecule has 0 atom stereocenters. The van der Waals surface area contributed by atoms with Gasteiger partial charge in [-0.2, -0.15) is 18.2 Å². The predicted octanol–water partition coefficient (Wildman–Crippen LogP) is 6.34. The first-order chi connectivity index (χ1) is 16.3. The normalized spacial score (nSPS) is 13.7. The monoisotopic (exact) mass is 481 g/mol. The van der Waals surface area contributed by atoms with Gasteiger partial charge in [-0.3, -0.25) is 4.79 Å². The lowest BCUT2D eigenvalue weighted by atomic mass is 10.1. The van der Waals surface area contributed by atoms with Crippen LogP contribution in [0.25, 0.3) is 21.3 Å². The molecule has 0 fully saturated rings. The summed E-state index contributed by atoms with van der Waals surface area (Å²) in [7, 11) is 0. The van der Waals surface area contributed by atoms with E-state index in [4.69, 9.17) is 9.15 Å². The number of anilines is 1. The number of alkyl halides is 3. The van der Waals surface area contributed by atoms with E-state index in [0.717, 1.165) is 27.8 Å². The number of amides is 1. The molecule has 1 aliphatic rings. The van der Waals surface area contributed by atoms with E-state index in [2.05, 4.69) is 9.97 Å². The smallest absolute Gasteiger partial charge is 0.416 e. The van der Waals surface area contributed by atoms with Gasteiger partial charge in [-0.25, -0.2) is 4.98 Å². The molecule has 6 nitrogen and oxygen atoms in total. The van der Waals surface area contributed by atoms with E-state index in [1.807, 2.05) is 18.2 Å². The van der Waals surface area contributed by atoms with Gasteiger partial charge in [0.05, 0.1) is 29.5 Å². The molecule has 170 valence electrons. The first-order valence-corrected chi connectivity index (χ1v) is 11.1. The Bertz CT molecular complexity index is 1540. The molecule has 6 rings (SSSR count). The molecule has 2 aromatic carbocycles. The number of hydrogen-bond donors (Lipinski definition) is 0. The van der Waals surface area contributed by atoms with Crippen molar-refractivity contribution in [2.24, 2.45) is 0 Å². The fourth-order valence-electron chi connectivity index (χ4n) is 4.05. The molecule has 0 N–H and O–H groups in total. The van der Waals surface area contributed by atoms with Gasteiger partial charge in [0.15, 0.2) is 5.65 Å². The SMILES string of the molecule is O=C1Cc2cc(C(F)(F)F)ccc2N1Cc1coc2cc(Oc3nc4ncccc4s3)ccc12. The minimum absolute atomic E-state index is 0.0654. The van der Waals surface area contributed by atoms with E-state index in [1.165, 1.54) is 22.3 Å². The van der Waals surface area contributed by atoms with Gasteiger partial charge in [0.25, 0.3) is 5.19 Å². The van der Waals surface area contributed by atoms with Crippen molar-refractivity contribution in [2.45, 2.75) is 19.1 Å². The zero-order chi connectivity index (χ0) is 23.4. The van der Waals surface area contributed by atoms with Crippen molar-refractivity contribution in [3.8, 4) is 10.9 Å². The van der Waals surface area contributed by atoms with Crippen molar-refractivity contribution < 1.29 is 27.1 Å². The molecule has 0 spiro atoms. The van der Waals surface area contributed by atoms with E-state index >= 15 is 0 Å². The number of ether oxygens (including phenoxy) is 1. The van der Waals surface area contributed by atoms with E-state index in [0.29, 0.717) is 33.4 Å². The van der Waals surface area contributed by atoms with Crippen LogP contribution in [-0.2, 0) is 23.9 Å². The average molecular weight is 481 g/mol. The third kappa shape index (κ3) is 3.56. The van der Waals surface area contributed by atoms with E-state index in [9.17, 15) is 18.0 Å². The van der Waals surface area contributed by atoms with Crippen molar-refractivity contribution in [1.82, 2.24) is 9.97 Å². The number of carbonyl (C=O) groups excluding carboxylic acids is 1. The number of benzene rings is 2. The Hall–Kier alpha value is -3.92. The van der Waals surface area contributed by atoms with E-state index in [-0.39, 0.29) is 18.9 Å². The summed E-state index contributed by atoms with van der Waals surface area (Å²) < 4.78 is 51.5. The Kier molecular flexibility index (Phi) is 4.59. The molecule has 0 saturated carbocycles. The Labute approximate surface area is 194 Å². The second-order valence-corrected chi connectivity index (χ2v) is 8.82. The topological polar surface area (TPSA) is 68.5 Å². The molecule has 5 aromatic rings. The van der Waals surface area contributed by atoms with Gasteiger partial charge in [-0.05, 0) is 48.0 Å². The molecular formula is C24H14F3N3O3S. The van der Waals surface area contributed by atoms with Crippen LogP contribution in [0, 0.1) is 0 Å². The molecule has 0 radical (unpaired) electrons. The summed E-state index contributed by atoms with van der Waals surface area (Å²) in [4.78, 5) is 22.6. The zero-order valence-electron chi connectivity index (χ0n) is 17.3. The molecule has 0 aliphatic carbocycles. The summed E-state index contributed by atoms with van der Waals surface area (Å²) in [5, 5.41) is 1.24. The van der Waals surface area contributed by atoms with Crippen LogP contribution in [0.3, 0.4) is 0 Å². The average Bonchev–Trinajstić information content (AvgIpc) is 3.48. The van der Waals surface area contributed by atoms with Crippen LogP contribution in [0.1, 0.15) is 16.7 Å². The zero-order valence-corrected chi connectivity index (χ0v) is 18.1. The number of furan rings is 1. The lowest BCUT2D eigenvalue weighted by Gasteiger charge is -2.17. The number of nitrogens with zero attached hydrogens (tertiary/aromatic N) is 3. The largest absolute Gasteiger partial charge is 0.464 e. The van der Waals surface area contributed by atoms with E-state index < -0.39 is 11.7 Å². The molecular weight excluding hydrogens is 467 g/mol. The maximum atomic E-state index is 13.0. The Morgan fingerprint density at radius 1 is 1.15 bits per heavy atom. The molecule has 1 amide bonds. The standard InChI is InChI=1S/C24H14F3N3O3S/c25-24(26,27)15-3-6-18-13(8-15)9-21(31)30(18)11-14-12-32-19-10-16(4-5-17(14)19)33-23-29-22-20(34-23)2-1-7-28-22/h1-8,10,12H,9,11H2. The molecule has 0 saturated heterocycles. The van der Waals surface area contributed by atoms with Crippen LogP contribution >= 0.6 is 11.3 Å². The highest BCUT2D eigenvalue weighted by molar-refractivity contribution is 7.20. The molecule has 0 bridgehead atoms. The molecule has 1 aliphatic heterocycles. The second-order valence-electron chi connectivity index (χ2n) is 7.82. The number of halogens is 3. The Balaban J connectivity index is 1.25. The summed E-state index contributed by atoms with van der Waals surface area (Å²) >= 11 is 1.38. The van der Waals surface area contributed by atoms with E-state index in [1.54, 1.807) is 24.6 Å². The number of fused-ring (bicyclic) bond motifs is 3. The number of pyridine rings is 1. The number of thiazole rings is 1. The highest BCUT2D eigenvalue weighted by Crippen LogP contribution is 2.38. The summed E-state index contributed by atoms with van der Waals surface area (Å²) in [5.74, 6) is 0.280. The third-order valence-corrected chi connectivity index (χ3v) is 6.53. The van der Waals surface area contributed by atoms with Gasteiger partial charge in [0.2, 0.25) is 5.91 Å². The van der Waals surface area contributed by atoms with Crippen LogP contribution in [0.2, 0.25) is 0 Å². The number of rotatable bonds is 4. The Morgan fingerprint density at radius 2 is 2.03 bits per heavy atom. The minimum Gasteiger partial charge on any atom is -0.464 e. The highest BCUT2D eigenvalue weighted by Gasteiger charge is 2.34. The fraction of sp³-hybridized carbons (Fsp3) is 0.125. The Morgan fingerprint density at radius 3 is 2.85 bits per heavy atom. The quantitative estimate of drug-likeness (QED) is 0.300. The van der Waals surface area contributed by atoms with Crippen molar-refractivity contribution in [2.75, 3.05) is 4.90 Å². The maximum absolute atomic E-state index is 13.0. The van der Waals surface area contributed by atoms with Crippen molar-refractivity contribution in [1.29, 1.82) is 0 Å². The van der Waals surface area contributed by atoms with Gasteiger partial charge in [0.1, 0.15) is 11.3 Å².